The van der Waals surface area contributed by atoms with Gasteiger partial charge in [-0.1, -0.05) is 42.5 Å². The van der Waals surface area contributed by atoms with Crippen molar-refractivity contribution in [3.63, 3.8) is 0 Å². The lowest BCUT2D eigenvalue weighted by Crippen LogP contribution is -1.96. The predicted molar refractivity (Wildman–Crippen MR) is 45.6 cm³/mol. The lowest BCUT2D eigenvalue weighted by molar-refractivity contribution is 0.168. The summed E-state index contributed by atoms with van der Waals surface area (Å²) in [6, 6.07) is 10.0. The van der Waals surface area contributed by atoms with Gasteiger partial charge in [-0.3, -0.25) is 0 Å². The molecule has 58 valence electrons. The molecule has 2 heteroatoms. The van der Waals surface area contributed by atoms with E-state index in [-0.39, 0.29) is 0 Å². The van der Waals surface area contributed by atoms with Crippen LogP contribution >= 0.6 is 0 Å². The van der Waals surface area contributed by atoms with E-state index < -0.39 is 0 Å². The minimum Gasteiger partial charge on any atom is -0.300 e. The fraction of sp³-hybridized carbons (Fsp3) is 0.111. The molecule has 0 aliphatic heterocycles. The molecule has 0 aliphatic rings. The molecule has 11 heavy (non-hydrogen) atoms. The van der Waals surface area contributed by atoms with Crippen molar-refractivity contribution < 1.29 is 4.84 Å². The Morgan fingerprint density at radius 2 is 2.00 bits per heavy atom. The third-order valence-corrected chi connectivity index (χ3v) is 1.30. The average Bonchev–Trinajstić information content (AvgIpc) is 2.07. The first kappa shape index (κ1) is 7.98. The molecular weight excluding hydrogens is 138 g/mol. The first-order valence-corrected chi connectivity index (χ1v) is 3.47. The van der Waals surface area contributed by atoms with Crippen LogP contribution in [0.4, 0.5) is 0 Å². The van der Waals surface area contributed by atoms with E-state index >= 15 is 0 Å². The molecule has 0 unspecified atom stereocenters. The lowest BCUT2D eigenvalue weighted by Gasteiger charge is -1.90. The van der Waals surface area contributed by atoms with E-state index in [1.54, 1.807) is 0 Å². The molecule has 1 rings (SSSR count). The highest BCUT2D eigenvalue weighted by molar-refractivity contribution is 5.48. The zero-order chi connectivity index (χ0) is 7.94. The standard InChI is InChI=1S/C9H11NO/c10-11-8-4-7-9-5-2-1-3-6-9/h1-7H,8,10H2. The first-order valence-electron chi connectivity index (χ1n) is 3.47. The van der Waals surface area contributed by atoms with Crippen LogP contribution in [-0.4, -0.2) is 6.61 Å². The van der Waals surface area contributed by atoms with E-state index in [9.17, 15) is 0 Å². The van der Waals surface area contributed by atoms with E-state index in [0.29, 0.717) is 6.61 Å². The Labute approximate surface area is 66.2 Å². The lowest BCUT2D eigenvalue weighted by atomic mass is 10.2. The predicted octanol–water partition coefficient (Wildman–Crippen LogP) is 1.59. The van der Waals surface area contributed by atoms with Gasteiger partial charge in [0, 0.05) is 0 Å². The molecule has 2 N–H and O–H groups in total. The molecule has 0 spiro atoms. The van der Waals surface area contributed by atoms with Crippen LogP contribution in [0.5, 0.6) is 0 Å². The average molecular weight is 149 g/mol. The fourth-order valence-electron chi connectivity index (χ4n) is 0.804. The van der Waals surface area contributed by atoms with Crippen LogP contribution < -0.4 is 5.90 Å². The zero-order valence-corrected chi connectivity index (χ0v) is 6.23. The highest BCUT2D eigenvalue weighted by Crippen LogP contribution is 1.99. The van der Waals surface area contributed by atoms with Crippen LogP contribution in [0.15, 0.2) is 36.4 Å². The summed E-state index contributed by atoms with van der Waals surface area (Å²) in [6.07, 6.45) is 3.84. The smallest absolute Gasteiger partial charge is 0.0864 e. The van der Waals surface area contributed by atoms with Gasteiger partial charge < -0.3 is 4.84 Å². The Bertz CT molecular complexity index is 218. The summed E-state index contributed by atoms with van der Waals surface area (Å²) in [5.74, 6) is 4.84. The molecule has 0 amide bonds. The number of hydrogen-bond acceptors (Lipinski definition) is 2. The van der Waals surface area contributed by atoms with Crippen molar-refractivity contribution in [3.05, 3.63) is 42.0 Å². The summed E-state index contributed by atoms with van der Waals surface area (Å²) in [4.78, 5) is 4.38. The third-order valence-electron chi connectivity index (χ3n) is 1.30. The number of benzene rings is 1. The van der Waals surface area contributed by atoms with Gasteiger partial charge in [0.2, 0.25) is 0 Å². The number of rotatable bonds is 3. The molecule has 0 bridgehead atoms. The molecule has 0 saturated carbocycles. The van der Waals surface area contributed by atoms with Gasteiger partial charge in [-0.25, -0.2) is 5.90 Å². The van der Waals surface area contributed by atoms with E-state index in [1.807, 2.05) is 42.5 Å². The van der Waals surface area contributed by atoms with Crippen molar-refractivity contribution in [2.45, 2.75) is 0 Å². The number of nitrogens with two attached hydrogens (primary N) is 1. The fourth-order valence-corrected chi connectivity index (χ4v) is 0.804. The molecule has 0 aromatic heterocycles. The van der Waals surface area contributed by atoms with Crippen LogP contribution in [0.25, 0.3) is 6.08 Å². The molecule has 0 radical (unpaired) electrons. The van der Waals surface area contributed by atoms with Crippen molar-refractivity contribution in [3.8, 4) is 0 Å². The summed E-state index contributed by atoms with van der Waals surface area (Å²) in [5.41, 5.74) is 1.16. The SMILES string of the molecule is NOCC=Cc1ccccc1. The van der Waals surface area contributed by atoms with Gasteiger partial charge in [-0.2, -0.15) is 0 Å². The molecule has 0 aliphatic carbocycles. The zero-order valence-electron chi connectivity index (χ0n) is 6.23. The Hall–Kier alpha value is -1.12. The Balaban J connectivity index is 2.50. The summed E-state index contributed by atoms with van der Waals surface area (Å²) in [5, 5.41) is 0. The van der Waals surface area contributed by atoms with Crippen LogP contribution in [0.3, 0.4) is 0 Å². The second kappa shape index (κ2) is 4.66. The highest BCUT2D eigenvalue weighted by atomic mass is 16.6. The Kier molecular flexibility index (Phi) is 3.38. The van der Waals surface area contributed by atoms with Crippen molar-refractivity contribution in [1.82, 2.24) is 0 Å². The van der Waals surface area contributed by atoms with Gasteiger partial charge >= 0.3 is 0 Å². The minimum absolute atomic E-state index is 0.453. The van der Waals surface area contributed by atoms with Crippen molar-refractivity contribution in [2.24, 2.45) is 5.90 Å². The van der Waals surface area contributed by atoms with E-state index in [2.05, 4.69) is 4.84 Å². The quantitative estimate of drug-likeness (QED) is 0.662. The summed E-state index contributed by atoms with van der Waals surface area (Å²) in [6.45, 7) is 0.453. The molecular formula is C9H11NO. The second-order valence-electron chi connectivity index (χ2n) is 2.15. The number of hydrogen-bond donors (Lipinski definition) is 1. The minimum atomic E-state index is 0.453. The molecule has 0 atom stereocenters. The van der Waals surface area contributed by atoms with Crippen LogP contribution in [-0.2, 0) is 4.84 Å². The third kappa shape index (κ3) is 2.98. The van der Waals surface area contributed by atoms with Gasteiger partial charge in [-0.15, -0.1) is 0 Å². The summed E-state index contributed by atoms with van der Waals surface area (Å²) < 4.78 is 0. The maximum Gasteiger partial charge on any atom is 0.0864 e. The van der Waals surface area contributed by atoms with Gasteiger partial charge in [-0.05, 0) is 5.56 Å². The largest absolute Gasteiger partial charge is 0.300 e. The maximum atomic E-state index is 4.84. The van der Waals surface area contributed by atoms with Gasteiger partial charge in [0.05, 0.1) is 6.61 Å². The molecule has 2 nitrogen and oxygen atoms in total. The highest BCUT2D eigenvalue weighted by Gasteiger charge is 1.80. The van der Waals surface area contributed by atoms with Crippen molar-refractivity contribution in [1.29, 1.82) is 0 Å². The normalized spacial score (nSPS) is 10.6. The monoisotopic (exact) mass is 149 g/mol. The van der Waals surface area contributed by atoms with Gasteiger partial charge in [0.15, 0.2) is 0 Å². The second-order valence-corrected chi connectivity index (χ2v) is 2.15. The van der Waals surface area contributed by atoms with Crippen LogP contribution in [0.1, 0.15) is 5.56 Å². The van der Waals surface area contributed by atoms with Crippen LogP contribution in [0, 0.1) is 0 Å². The topological polar surface area (TPSA) is 35.2 Å². The van der Waals surface area contributed by atoms with Gasteiger partial charge in [0.25, 0.3) is 0 Å². The molecule has 0 heterocycles. The maximum absolute atomic E-state index is 4.84. The molecule has 0 fully saturated rings. The van der Waals surface area contributed by atoms with E-state index in [1.165, 1.54) is 0 Å². The molecule has 1 aromatic rings. The summed E-state index contributed by atoms with van der Waals surface area (Å²) in [7, 11) is 0. The first-order chi connectivity index (χ1) is 5.43. The Morgan fingerprint density at radius 3 is 2.64 bits per heavy atom. The van der Waals surface area contributed by atoms with E-state index in [0.717, 1.165) is 5.56 Å². The Morgan fingerprint density at radius 1 is 1.27 bits per heavy atom. The van der Waals surface area contributed by atoms with E-state index in [4.69, 9.17) is 5.90 Å². The van der Waals surface area contributed by atoms with Crippen molar-refractivity contribution >= 4 is 6.08 Å². The van der Waals surface area contributed by atoms with Gasteiger partial charge in [0.1, 0.15) is 0 Å². The molecule has 0 saturated heterocycles. The van der Waals surface area contributed by atoms with Crippen molar-refractivity contribution in [2.75, 3.05) is 6.61 Å². The molecule has 1 aromatic carbocycles. The summed E-state index contributed by atoms with van der Waals surface area (Å²) >= 11 is 0. The van der Waals surface area contributed by atoms with Crippen LogP contribution in [0.2, 0.25) is 0 Å².